The van der Waals surface area contributed by atoms with Crippen LogP contribution in [0.3, 0.4) is 0 Å². The van der Waals surface area contributed by atoms with E-state index < -0.39 is 0 Å². The largest absolute Gasteiger partial charge is 0.266 e. The summed E-state index contributed by atoms with van der Waals surface area (Å²) in [6.07, 6.45) is 1.87. The maximum Gasteiger partial charge on any atom is 0.137 e. The Labute approximate surface area is 115 Å². The number of aryl methyl sites for hydroxylation is 1. The highest BCUT2D eigenvalue weighted by Crippen LogP contribution is 2.28. The van der Waals surface area contributed by atoms with Crippen LogP contribution in [0, 0.1) is 0 Å². The first-order valence-electron chi connectivity index (χ1n) is 5.16. The topological polar surface area (TPSA) is 30.7 Å². The number of benzene rings is 1. The van der Waals surface area contributed by atoms with Gasteiger partial charge in [0.25, 0.3) is 0 Å². The monoisotopic (exact) mass is 353 g/mol. The molecule has 0 bridgehead atoms. The van der Waals surface area contributed by atoms with Gasteiger partial charge < -0.3 is 0 Å². The van der Waals surface area contributed by atoms with Gasteiger partial charge in [0, 0.05) is 24.0 Å². The van der Waals surface area contributed by atoms with Crippen LogP contribution in [0.5, 0.6) is 0 Å². The third kappa shape index (κ3) is 1.68. The molecule has 0 amide bonds. The smallest absolute Gasteiger partial charge is 0.137 e. The zero-order valence-electron chi connectivity index (χ0n) is 9.11. The third-order valence-electron chi connectivity index (χ3n) is 2.84. The molecule has 0 saturated heterocycles. The highest BCUT2D eigenvalue weighted by molar-refractivity contribution is 9.10. The number of aromatic nitrogens is 3. The summed E-state index contributed by atoms with van der Waals surface area (Å²) in [7, 11) is 1.95. The average molecular weight is 355 g/mol. The minimum atomic E-state index is 0.842. The molecule has 86 valence electrons. The average Bonchev–Trinajstić information content (AvgIpc) is 2.64. The van der Waals surface area contributed by atoms with Crippen molar-refractivity contribution in [3.63, 3.8) is 0 Å². The van der Waals surface area contributed by atoms with Crippen LogP contribution in [-0.4, -0.2) is 14.8 Å². The summed E-state index contributed by atoms with van der Waals surface area (Å²) in [6, 6.07) is 6.32. The van der Waals surface area contributed by atoms with Crippen LogP contribution >= 0.6 is 31.9 Å². The summed E-state index contributed by atoms with van der Waals surface area (Å²) in [5.41, 5.74) is 3.35. The molecule has 0 aliphatic carbocycles. The van der Waals surface area contributed by atoms with E-state index in [-0.39, 0.29) is 0 Å². The second-order valence-corrected chi connectivity index (χ2v) is 5.23. The number of fused-ring (bicyclic) bond motifs is 3. The van der Waals surface area contributed by atoms with E-state index in [1.165, 1.54) is 5.56 Å². The van der Waals surface area contributed by atoms with Crippen molar-refractivity contribution in [1.82, 2.24) is 14.8 Å². The van der Waals surface area contributed by atoms with Crippen molar-refractivity contribution in [3.05, 3.63) is 34.6 Å². The molecular formula is C12H9Br2N3. The number of rotatable bonds is 1. The number of hydrogen-bond acceptors (Lipinski definition) is 2. The van der Waals surface area contributed by atoms with Crippen LogP contribution in [0.4, 0.5) is 0 Å². The van der Waals surface area contributed by atoms with Crippen molar-refractivity contribution in [2.75, 3.05) is 0 Å². The van der Waals surface area contributed by atoms with Crippen LogP contribution in [0.15, 0.2) is 29.0 Å². The first-order valence-corrected chi connectivity index (χ1v) is 7.08. The number of hydrogen-bond donors (Lipinski definition) is 0. The van der Waals surface area contributed by atoms with E-state index in [4.69, 9.17) is 0 Å². The molecule has 3 nitrogen and oxygen atoms in total. The summed E-state index contributed by atoms with van der Waals surface area (Å²) in [6.45, 7) is 0. The Balaban J connectivity index is 2.47. The quantitative estimate of drug-likeness (QED) is 0.622. The molecule has 0 radical (unpaired) electrons. The van der Waals surface area contributed by atoms with E-state index in [0.29, 0.717) is 0 Å². The highest BCUT2D eigenvalue weighted by Gasteiger charge is 2.10. The highest BCUT2D eigenvalue weighted by atomic mass is 79.9. The van der Waals surface area contributed by atoms with Gasteiger partial charge in [0.2, 0.25) is 0 Å². The van der Waals surface area contributed by atoms with Gasteiger partial charge in [0.05, 0.1) is 16.4 Å². The van der Waals surface area contributed by atoms with E-state index in [9.17, 15) is 0 Å². The molecule has 3 rings (SSSR count). The zero-order valence-corrected chi connectivity index (χ0v) is 12.3. The molecule has 3 aromatic rings. The van der Waals surface area contributed by atoms with Crippen LogP contribution in [0.2, 0.25) is 0 Å². The van der Waals surface area contributed by atoms with E-state index in [0.717, 1.165) is 31.7 Å². The van der Waals surface area contributed by atoms with Gasteiger partial charge in [-0.1, -0.05) is 28.1 Å². The lowest BCUT2D eigenvalue weighted by Crippen LogP contribution is -1.91. The minimum Gasteiger partial charge on any atom is -0.266 e. The predicted octanol–water partition coefficient (Wildman–Crippen LogP) is 3.78. The molecule has 2 heterocycles. The molecule has 0 aliphatic heterocycles. The molecular weight excluding hydrogens is 346 g/mol. The van der Waals surface area contributed by atoms with Gasteiger partial charge in [-0.05, 0) is 27.6 Å². The molecule has 17 heavy (non-hydrogen) atoms. The van der Waals surface area contributed by atoms with E-state index in [2.05, 4.69) is 60.1 Å². The third-order valence-corrected chi connectivity index (χ3v) is 4.08. The Morgan fingerprint density at radius 3 is 2.88 bits per heavy atom. The molecule has 0 saturated carbocycles. The van der Waals surface area contributed by atoms with E-state index >= 15 is 0 Å². The van der Waals surface area contributed by atoms with Crippen LogP contribution in [0.25, 0.3) is 21.8 Å². The summed E-state index contributed by atoms with van der Waals surface area (Å²) in [5, 5.41) is 7.39. The van der Waals surface area contributed by atoms with Crippen molar-refractivity contribution >= 4 is 53.7 Å². The summed E-state index contributed by atoms with van der Waals surface area (Å²) in [5.74, 6) is 0. The summed E-state index contributed by atoms with van der Waals surface area (Å²) in [4.78, 5) is 4.49. The SMILES string of the molecule is Cn1nc(Br)c2cnc3cc(CBr)ccc3c21. The Kier molecular flexibility index (Phi) is 2.67. The molecule has 0 aliphatic rings. The van der Waals surface area contributed by atoms with E-state index in [1.54, 1.807) is 0 Å². The fourth-order valence-electron chi connectivity index (χ4n) is 2.04. The summed E-state index contributed by atoms with van der Waals surface area (Å²) < 4.78 is 2.73. The standard InChI is InChI=1S/C12H9Br2N3/c1-17-11-8-3-2-7(5-13)4-10(8)15-6-9(11)12(14)16-17/h2-4,6H,5H2,1H3. The van der Waals surface area contributed by atoms with Gasteiger partial charge >= 0.3 is 0 Å². The lowest BCUT2D eigenvalue weighted by Gasteiger charge is -2.02. The Morgan fingerprint density at radius 1 is 1.29 bits per heavy atom. The van der Waals surface area contributed by atoms with Gasteiger partial charge in [-0.2, -0.15) is 5.10 Å². The molecule has 0 fully saturated rings. The Bertz CT molecular complexity index is 718. The second-order valence-electron chi connectivity index (χ2n) is 3.92. The molecule has 0 atom stereocenters. The van der Waals surface area contributed by atoms with Crippen molar-refractivity contribution < 1.29 is 0 Å². The number of pyridine rings is 1. The van der Waals surface area contributed by atoms with Crippen molar-refractivity contribution in [2.45, 2.75) is 5.33 Å². The number of halogens is 2. The van der Waals surface area contributed by atoms with Gasteiger partial charge in [-0.25, -0.2) is 0 Å². The predicted molar refractivity (Wildman–Crippen MR) is 76.3 cm³/mol. The van der Waals surface area contributed by atoms with Gasteiger partial charge in [-0.3, -0.25) is 9.67 Å². The maximum atomic E-state index is 4.49. The fraction of sp³-hybridized carbons (Fsp3) is 0.167. The molecule has 1 aromatic carbocycles. The normalized spacial score (nSPS) is 11.5. The van der Waals surface area contributed by atoms with E-state index in [1.807, 2.05) is 17.9 Å². The van der Waals surface area contributed by atoms with Crippen LogP contribution in [0.1, 0.15) is 5.56 Å². The van der Waals surface area contributed by atoms with Gasteiger partial charge in [0.15, 0.2) is 0 Å². The maximum absolute atomic E-state index is 4.49. The molecule has 0 spiro atoms. The van der Waals surface area contributed by atoms with Gasteiger partial charge in [0.1, 0.15) is 4.60 Å². The first kappa shape index (κ1) is 11.2. The Morgan fingerprint density at radius 2 is 2.12 bits per heavy atom. The minimum absolute atomic E-state index is 0.842. The first-order chi connectivity index (χ1) is 8.20. The van der Waals surface area contributed by atoms with Crippen LogP contribution in [-0.2, 0) is 12.4 Å². The van der Waals surface area contributed by atoms with Crippen LogP contribution < -0.4 is 0 Å². The van der Waals surface area contributed by atoms with Crippen molar-refractivity contribution in [3.8, 4) is 0 Å². The molecule has 2 aromatic heterocycles. The summed E-state index contributed by atoms with van der Waals surface area (Å²) >= 11 is 6.91. The van der Waals surface area contributed by atoms with Crippen molar-refractivity contribution in [1.29, 1.82) is 0 Å². The molecule has 5 heteroatoms. The lowest BCUT2D eigenvalue weighted by molar-refractivity contribution is 0.790. The fourth-order valence-corrected chi connectivity index (χ4v) is 2.92. The van der Waals surface area contributed by atoms with Crippen molar-refractivity contribution in [2.24, 2.45) is 7.05 Å². The second kappa shape index (κ2) is 4.07. The lowest BCUT2D eigenvalue weighted by atomic mass is 10.1. The molecule has 0 unspecified atom stereocenters. The van der Waals surface area contributed by atoms with Gasteiger partial charge in [-0.15, -0.1) is 0 Å². The molecule has 0 N–H and O–H groups in total. The number of nitrogens with zero attached hydrogens (tertiary/aromatic N) is 3. The zero-order chi connectivity index (χ0) is 12.0. The number of alkyl halides is 1. The Hall–Kier alpha value is -0.940.